The molecule has 0 bridgehead atoms. The van der Waals surface area contributed by atoms with E-state index in [0.29, 0.717) is 27.9 Å². The minimum atomic E-state index is -0.529. The summed E-state index contributed by atoms with van der Waals surface area (Å²) in [5.74, 6) is 0.630. The average molecular weight is 406 g/mol. The van der Waals surface area contributed by atoms with Crippen LogP contribution in [0.4, 0.5) is 11.4 Å². The lowest BCUT2D eigenvalue weighted by Gasteiger charge is -2.23. The molecule has 2 aromatic rings. The van der Waals surface area contributed by atoms with Gasteiger partial charge in [0.25, 0.3) is 0 Å². The Hall–Kier alpha value is -2.77. The molecule has 2 rings (SSSR count). The van der Waals surface area contributed by atoms with E-state index in [9.17, 15) is 9.59 Å². The Kier molecular flexibility index (Phi) is 7.66. The van der Waals surface area contributed by atoms with Gasteiger partial charge in [0.05, 0.1) is 32.5 Å². The van der Waals surface area contributed by atoms with Gasteiger partial charge in [-0.1, -0.05) is 17.7 Å². The largest absolute Gasteiger partial charge is 0.497 e. The molecule has 2 aromatic carbocycles. The first kappa shape index (κ1) is 21.5. The zero-order valence-corrected chi connectivity index (χ0v) is 17.0. The van der Waals surface area contributed by atoms with E-state index in [0.717, 1.165) is 0 Å². The number of halogens is 1. The Bertz CT molecular complexity index is 844. The number of hydrogen-bond acceptors (Lipinski definition) is 5. The number of likely N-dealkylation sites (N-methyl/N-ethyl adjacent to an activating group) is 1. The molecule has 0 spiro atoms. The van der Waals surface area contributed by atoms with Gasteiger partial charge in [0.2, 0.25) is 11.8 Å². The summed E-state index contributed by atoms with van der Waals surface area (Å²) in [6.45, 7) is 1.74. The van der Waals surface area contributed by atoms with Crippen molar-refractivity contribution in [3.05, 3.63) is 47.5 Å². The standard InChI is InChI=1S/C20H24ClN3O4/c1-13(20(26)22-15-6-5-7-16(11-15)27-3)24(2)12-19(25)23-17-10-14(21)8-9-18(17)28-4/h5-11,13H,12H2,1-4H3,(H,22,26)(H,23,25)/t13-/m0/s1. The van der Waals surface area contributed by atoms with Crippen LogP contribution < -0.4 is 20.1 Å². The van der Waals surface area contributed by atoms with Crippen molar-refractivity contribution < 1.29 is 19.1 Å². The molecule has 2 amide bonds. The summed E-state index contributed by atoms with van der Waals surface area (Å²) >= 11 is 5.97. The van der Waals surface area contributed by atoms with Crippen molar-refractivity contribution in [1.82, 2.24) is 4.90 Å². The lowest BCUT2D eigenvalue weighted by Crippen LogP contribution is -2.43. The van der Waals surface area contributed by atoms with Crippen LogP contribution in [0, 0.1) is 0 Å². The van der Waals surface area contributed by atoms with Gasteiger partial charge in [-0.3, -0.25) is 14.5 Å². The molecule has 0 heterocycles. The number of nitrogens with zero attached hydrogens (tertiary/aromatic N) is 1. The highest BCUT2D eigenvalue weighted by molar-refractivity contribution is 6.31. The zero-order valence-electron chi connectivity index (χ0n) is 16.3. The highest BCUT2D eigenvalue weighted by Crippen LogP contribution is 2.27. The second kappa shape index (κ2) is 9.96. The third kappa shape index (κ3) is 5.87. The number of carbonyl (C=O) groups is 2. The molecule has 0 saturated heterocycles. The number of rotatable bonds is 8. The van der Waals surface area contributed by atoms with E-state index in [1.54, 1.807) is 68.4 Å². The van der Waals surface area contributed by atoms with Crippen molar-refractivity contribution >= 4 is 34.8 Å². The molecule has 0 aliphatic rings. The topological polar surface area (TPSA) is 79.9 Å². The first-order chi connectivity index (χ1) is 13.3. The van der Waals surface area contributed by atoms with Crippen LogP contribution in [0.25, 0.3) is 0 Å². The maximum atomic E-state index is 12.5. The molecule has 150 valence electrons. The molecule has 0 fully saturated rings. The molecule has 8 heteroatoms. The van der Waals surface area contributed by atoms with Gasteiger partial charge in [-0.15, -0.1) is 0 Å². The molecule has 2 N–H and O–H groups in total. The van der Waals surface area contributed by atoms with Gasteiger partial charge in [0, 0.05) is 16.8 Å². The van der Waals surface area contributed by atoms with Crippen LogP contribution in [-0.4, -0.2) is 50.6 Å². The number of hydrogen-bond donors (Lipinski definition) is 2. The second-order valence-electron chi connectivity index (χ2n) is 6.21. The van der Waals surface area contributed by atoms with Crippen LogP contribution in [-0.2, 0) is 9.59 Å². The van der Waals surface area contributed by atoms with E-state index in [-0.39, 0.29) is 18.4 Å². The van der Waals surface area contributed by atoms with E-state index in [1.807, 2.05) is 0 Å². The molecule has 0 saturated carbocycles. The van der Waals surface area contributed by atoms with Gasteiger partial charge < -0.3 is 20.1 Å². The van der Waals surface area contributed by atoms with Crippen molar-refractivity contribution in [2.75, 3.05) is 38.4 Å². The van der Waals surface area contributed by atoms with Gasteiger partial charge in [0.15, 0.2) is 0 Å². The van der Waals surface area contributed by atoms with Gasteiger partial charge in [-0.2, -0.15) is 0 Å². The van der Waals surface area contributed by atoms with Gasteiger partial charge in [-0.25, -0.2) is 0 Å². The van der Waals surface area contributed by atoms with Crippen LogP contribution in [0.3, 0.4) is 0 Å². The Morgan fingerprint density at radius 2 is 1.86 bits per heavy atom. The highest BCUT2D eigenvalue weighted by atomic mass is 35.5. The van der Waals surface area contributed by atoms with E-state index in [2.05, 4.69) is 10.6 Å². The molecule has 7 nitrogen and oxygen atoms in total. The number of ether oxygens (including phenoxy) is 2. The fourth-order valence-corrected chi connectivity index (χ4v) is 2.65. The average Bonchev–Trinajstić information content (AvgIpc) is 2.67. The highest BCUT2D eigenvalue weighted by Gasteiger charge is 2.21. The smallest absolute Gasteiger partial charge is 0.241 e. The van der Waals surface area contributed by atoms with Crippen molar-refractivity contribution in [2.24, 2.45) is 0 Å². The quantitative estimate of drug-likeness (QED) is 0.704. The van der Waals surface area contributed by atoms with E-state index >= 15 is 0 Å². The third-order valence-corrected chi connectivity index (χ3v) is 4.44. The van der Waals surface area contributed by atoms with Gasteiger partial charge >= 0.3 is 0 Å². The molecule has 0 aliphatic carbocycles. The van der Waals surface area contributed by atoms with Crippen molar-refractivity contribution in [3.8, 4) is 11.5 Å². The van der Waals surface area contributed by atoms with Crippen molar-refractivity contribution in [1.29, 1.82) is 0 Å². The zero-order chi connectivity index (χ0) is 20.7. The SMILES string of the molecule is COc1cccc(NC(=O)[C@H](C)N(C)CC(=O)Nc2cc(Cl)ccc2OC)c1. The maximum absolute atomic E-state index is 12.5. The lowest BCUT2D eigenvalue weighted by molar-refractivity contribution is -0.122. The number of benzene rings is 2. The minimum absolute atomic E-state index is 0.0162. The molecule has 0 radical (unpaired) electrons. The van der Waals surface area contributed by atoms with Crippen LogP contribution >= 0.6 is 11.6 Å². The van der Waals surface area contributed by atoms with Gasteiger partial charge in [-0.05, 0) is 44.3 Å². The van der Waals surface area contributed by atoms with E-state index in [4.69, 9.17) is 21.1 Å². The number of amides is 2. The second-order valence-corrected chi connectivity index (χ2v) is 6.64. The monoisotopic (exact) mass is 405 g/mol. The first-order valence-electron chi connectivity index (χ1n) is 8.62. The van der Waals surface area contributed by atoms with E-state index < -0.39 is 6.04 Å². The van der Waals surface area contributed by atoms with Crippen molar-refractivity contribution in [3.63, 3.8) is 0 Å². The Labute approximate surface area is 169 Å². The molecule has 0 aromatic heterocycles. The molecule has 0 unspecified atom stereocenters. The predicted molar refractivity (Wildman–Crippen MR) is 110 cm³/mol. The number of carbonyl (C=O) groups excluding carboxylic acids is 2. The van der Waals surface area contributed by atoms with Crippen LogP contribution in [0.15, 0.2) is 42.5 Å². The summed E-state index contributed by atoms with van der Waals surface area (Å²) < 4.78 is 10.4. The van der Waals surface area contributed by atoms with E-state index in [1.165, 1.54) is 7.11 Å². The van der Waals surface area contributed by atoms with Crippen LogP contribution in [0.5, 0.6) is 11.5 Å². The predicted octanol–water partition coefficient (Wildman–Crippen LogP) is 3.25. The summed E-state index contributed by atoms with van der Waals surface area (Å²) in [6, 6.07) is 11.5. The Morgan fingerprint density at radius 3 is 2.54 bits per heavy atom. The Balaban J connectivity index is 1.95. The summed E-state index contributed by atoms with van der Waals surface area (Å²) in [4.78, 5) is 26.5. The van der Waals surface area contributed by atoms with Crippen LogP contribution in [0.2, 0.25) is 5.02 Å². The Morgan fingerprint density at radius 1 is 1.11 bits per heavy atom. The lowest BCUT2D eigenvalue weighted by atomic mass is 10.2. The summed E-state index contributed by atoms with van der Waals surface area (Å²) in [6.07, 6.45) is 0. The number of anilines is 2. The third-order valence-electron chi connectivity index (χ3n) is 4.21. The fraction of sp³-hybridized carbons (Fsp3) is 0.300. The summed E-state index contributed by atoms with van der Waals surface area (Å²) in [5, 5.41) is 6.05. The molecular formula is C20H24ClN3O4. The molecular weight excluding hydrogens is 382 g/mol. The number of nitrogens with one attached hydrogen (secondary N) is 2. The minimum Gasteiger partial charge on any atom is -0.497 e. The van der Waals surface area contributed by atoms with Crippen LogP contribution in [0.1, 0.15) is 6.92 Å². The van der Waals surface area contributed by atoms with Gasteiger partial charge in [0.1, 0.15) is 11.5 Å². The molecule has 28 heavy (non-hydrogen) atoms. The normalized spacial score (nSPS) is 11.6. The number of methoxy groups -OCH3 is 2. The summed E-state index contributed by atoms with van der Waals surface area (Å²) in [5.41, 5.74) is 1.10. The fourth-order valence-electron chi connectivity index (χ4n) is 2.48. The van der Waals surface area contributed by atoms with Crippen molar-refractivity contribution in [2.45, 2.75) is 13.0 Å². The molecule has 0 aliphatic heterocycles. The summed E-state index contributed by atoms with van der Waals surface area (Å²) in [7, 11) is 4.77. The maximum Gasteiger partial charge on any atom is 0.241 e. The molecule has 1 atom stereocenters. The first-order valence-corrected chi connectivity index (χ1v) is 9.00.